The Labute approximate surface area is 688 Å². The predicted octanol–water partition coefficient (Wildman–Crippen LogP) is 3.22. The molecule has 3 fully saturated rings. The second-order valence-electron chi connectivity index (χ2n) is 31.3. The first-order valence-electron chi connectivity index (χ1n) is 39.3. The lowest BCUT2D eigenvalue weighted by molar-refractivity contribution is -0.203. The van der Waals surface area contributed by atoms with Gasteiger partial charge in [0.25, 0.3) is 5.91 Å². The van der Waals surface area contributed by atoms with Crippen LogP contribution >= 0.6 is 21.6 Å². The number of ketones is 2. The van der Waals surface area contributed by atoms with E-state index in [-0.39, 0.29) is 68.8 Å². The molecule has 1 saturated carbocycles. The molecule has 5 aliphatic heterocycles. The zero-order valence-corrected chi connectivity index (χ0v) is 68.0. The molecule has 3 aromatic carbocycles. The molecule has 2 saturated heterocycles. The molecule has 2 aliphatic carbocycles. The van der Waals surface area contributed by atoms with Crippen LogP contribution in [0.25, 0.3) is 5.57 Å². The van der Waals surface area contributed by atoms with Gasteiger partial charge in [0.1, 0.15) is 48.3 Å². The van der Waals surface area contributed by atoms with E-state index in [1.54, 1.807) is 44.5 Å². The summed E-state index contributed by atoms with van der Waals surface area (Å²) >= 11 is 0. The molecule has 640 valence electrons. The van der Waals surface area contributed by atoms with Crippen molar-refractivity contribution in [2.75, 3.05) is 90.1 Å². The van der Waals surface area contributed by atoms with E-state index in [9.17, 15) is 88.5 Å². The molecule has 34 nitrogen and oxygen atoms in total. The van der Waals surface area contributed by atoms with Crippen LogP contribution in [0.5, 0.6) is 5.75 Å². The highest BCUT2D eigenvalue weighted by atomic mass is 33.1. The zero-order chi connectivity index (χ0) is 86.2. The number of nitrogens with one attached hydrogen (secondary N) is 5. The first kappa shape index (κ1) is 91.8. The lowest BCUT2D eigenvalue weighted by Gasteiger charge is -2.63. The van der Waals surface area contributed by atoms with Crippen LogP contribution in [0.1, 0.15) is 138 Å². The minimum atomic E-state index is -2.63. The van der Waals surface area contributed by atoms with Gasteiger partial charge in [0.15, 0.2) is 11.4 Å². The van der Waals surface area contributed by atoms with E-state index in [2.05, 4.69) is 48.5 Å². The number of carboxylic acids is 5. The number of ether oxygens (including phenoxy) is 3. The maximum Gasteiger partial charge on any atom is 0.373 e. The van der Waals surface area contributed by atoms with Gasteiger partial charge in [-0.1, -0.05) is 102 Å². The van der Waals surface area contributed by atoms with Gasteiger partial charge in [-0.2, -0.15) is 9.59 Å². The number of benzene rings is 3. The second kappa shape index (κ2) is 40.1. The average Bonchev–Trinajstić information content (AvgIpc) is 1.47. The largest absolute Gasteiger partial charge is 0.496 e. The number of carbonyl (C=O) groups is 13. The number of amides is 5. The van der Waals surface area contributed by atoms with E-state index in [4.69, 9.17) is 28.9 Å². The van der Waals surface area contributed by atoms with Gasteiger partial charge in [0.05, 0.1) is 44.2 Å². The smallest absolute Gasteiger partial charge is 0.373 e. The number of piperidine rings is 1. The molecule has 15 atom stereocenters. The number of hydrogen-bond acceptors (Lipinski definition) is 26. The van der Waals surface area contributed by atoms with Crippen molar-refractivity contribution in [1.29, 1.82) is 0 Å². The van der Waals surface area contributed by atoms with Gasteiger partial charge in [0, 0.05) is 123 Å². The zero-order valence-electron chi connectivity index (χ0n) is 66.4. The van der Waals surface area contributed by atoms with Crippen molar-refractivity contribution in [3.63, 3.8) is 0 Å². The summed E-state index contributed by atoms with van der Waals surface area (Å²) in [5, 5.41) is 99.3. The minimum absolute atomic E-state index is 0.0552. The van der Waals surface area contributed by atoms with Crippen molar-refractivity contribution in [1.82, 2.24) is 36.4 Å². The Kier molecular flexibility index (Phi) is 31.2. The first-order valence-corrected chi connectivity index (χ1v) is 41.8. The highest BCUT2D eigenvalue weighted by Gasteiger charge is 2.79. The van der Waals surface area contributed by atoms with Crippen LogP contribution in [-0.4, -0.2) is 267 Å². The third-order valence-corrected chi connectivity index (χ3v) is 26.6. The third-order valence-electron chi connectivity index (χ3n) is 24.3. The van der Waals surface area contributed by atoms with Crippen LogP contribution in [0.2, 0.25) is 0 Å². The number of urea groups is 1. The molecule has 10 rings (SSSR count). The molecule has 36 heteroatoms. The Morgan fingerprint density at radius 2 is 1.44 bits per heavy atom. The molecule has 7 aliphatic rings. The Morgan fingerprint density at radius 3 is 2.10 bits per heavy atom. The Morgan fingerprint density at radius 1 is 0.729 bits per heavy atom. The predicted molar refractivity (Wildman–Crippen MR) is 424 cm³/mol. The van der Waals surface area contributed by atoms with Crippen molar-refractivity contribution in [3.05, 3.63) is 112 Å². The highest BCUT2D eigenvalue weighted by Crippen LogP contribution is 2.68. The molecule has 5 heterocycles. The fraction of sp³-hybridized carbons (Fsp3) is 0.561. The van der Waals surface area contributed by atoms with Gasteiger partial charge in [0.2, 0.25) is 11.8 Å². The summed E-state index contributed by atoms with van der Waals surface area (Å²) in [5.41, 5.74) is -1.01. The molecule has 5 amide bonds. The molecule has 3 aromatic rings. The number of aliphatic carboxylic acids is 5. The first-order chi connectivity index (χ1) is 56.1. The quantitative estimate of drug-likeness (QED) is 0.0168. The molecule has 0 radical (unpaired) electrons. The van der Waals surface area contributed by atoms with E-state index < -0.39 is 204 Å². The lowest BCUT2D eigenvalue weighted by atomic mass is 9.47. The molecular weight excluding hydrogens is 1580 g/mol. The van der Waals surface area contributed by atoms with Crippen LogP contribution < -0.4 is 36.2 Å². The van der Waals surface area contributed by atoms with Gasteiger partial charge >= 0.3 is 54.0 Å². The highest BCUT2D eigenvalue weighted by molar-refractivity contribution is 8.76. The summed E-state index contributed by atoms with van der Waals surface area (Å²) in [5.74, 6) is -16.1. The van der Waals surface area contributed by atoms with Crippen molar-refractivity contribution in [2.45, 2.75) is 181 Å². The number of aliphatic hydroxyl groups is 3. The number of carboxylic acid groups (broad SMARTS) is 5. The Hall–Kier alpha value is -10.1. The molecule has 2 bridgehead atoms. The molecular formula is C82H104N8O26S2. The Balaban J connectivity index is 0.00000521. The summed E-state index contributed by atoms with van der Waals surface area (Å²) in [4.78, 5) is 194. The summed E-state index contributed by atoms with van der Waals surface area (Å²) in [6.45, 7) is 5.60. The lowest BCUT2D eigenvalue weighted by Crippen LogP contribution is -2.81. The number of hydrogen-bond donors (Lipinski definition) is 13. The molecule has 0 aromatic heterocycles. The number of fused-ring (bicyclic) bond motifs is 5. The number of esters is 2. The van der Waals surface area contributed by atoms with Crippen LogP contribution in [0.4, 0.5) is 10.5 Å². The number of rotatable bonds is 40. The number of aliphatic hydroxyl groups excluding tert-OH is 1. The van der Waals surface area contributed by atoms with Crippen molar-refractivity contribution < 1.29 is 127 Å². The summed E-state index contributed by atoms with van der Waals surface area (Å²) in [7, 11) is 6.75. The third kappa shape index (κ3) is 20.1. The number of nitrogens with zero attached hydrogens (tertiary/aromatic N) is 3. The summed E-state index contributed by atoms with van der Waals surface area (Å²) in [6.07, 6.45) is 0.481. The molecule has 13 N–H and O–H groups in total. The van der Waals surface area contributed by atoms with Gasteiger partial charge in [-0.05, 0) is 123 Å². The van der Waals surface area contributed by atoms with Crippen LogP contribution in [-0.2, 0) is 100 Å². The van der Waals surface area contributed by atoms with E-state index in [0.29, 0.717) is 87.4 Å². The van der Waals surface area contributed by atoms with E-state index in [1.807, 2.05) is 55.2 Å². The number of likely N-dealkylation sites (N-methyl/N-ethyl adjacent to an activating group) is 1. The van der Waals surface area contributed by atoms with E-state index >= 15 is 9.59 Å². The standard InChI is InChI=1S/C81H104N8O24S2.CO2/c1-6-77(109)40-47-41-80(75(107)112-5,54-35-48-17-11-12-18-52(48)53(54)24-29-88(43-47)45-77)56-37-55-60(39-62(56)111-4)87(3)72-79(55)26-30-89-28-14-25-78(7-2,71(79)89)73(105)81(72,110)74(106)83-42-66(97)113-31-32-114-115-44-59(70(103)104)85-67(98)50(33-46-15-9-8-10-16-46)36-61(91)58(38-65(95)96)84-63(92)23-20-49(68(99)100)34-51(90)21-22-57(69(101)102)86-76(108)82-27-13-19-64(93)94;2-1-3/h8-12,14-18,25,37,39,47,49-50,57-59,71-73,105,109-110H,6-7,13,19-24,26-36,38,40-45H2,1-5H3,(H,83,106)(H,84,92)(H,85,98)(H,93,94)(H,95,96)(H,99,100)(H,101,102)(H,103,104)(H2,82,86,108);/t47-,49-,50-,57+,58+,59+,71+,72-,73-,77+,78-,79-,80-,81+;/m1./s1. The molecule has 1 spiro atoms. The van der Waals surface area contributed by atoms with Crippen LogP contribution in [0, 0.1) is 23.2 Å². The van der Waals surface area contributed by atoms with Crippen LogP contribution in [0.3, 0.4) is 0 Å². The number of carbonyl (C=O) groups excluding carboxylic acids is 10. The van der Waals surface area contributed by atoms with Crippen molar-refractivity contribution in [2.24, 2.45) is 23.2 Å². The van der Waals surface area contributed by atoms with Gasteiger partial charge < -0.3 is 86.5 Å². The monoisotopic (exact) mass is 1680 g/mol. The summed E-state index contributed by atoms with van der Waals surface area (Å²) in [6, 6.07) is 12.8. The number of methoxy groups -OCH3 is 2. The van der Waals surface area contributed by atoms with Crippen LogP contribution in [0.15, 0.2) is 84.5 Å². The SMILES string of the molecule is CC[C@]1(O)C[C@H]2CN(CCC3=C(Cc4ccccc43)[C@@](C(=O)OC)(c3cc4c(cc3OC)N(C)[C@H]3[C@@](O)(C(=O)NCC(=O)OCCSSC[C@H](NC(=O)[C@@H](CC(=O)[C@H](CC(=O)O)NC(=O)CC[C@H](CC(=O)CC[C@H](NC(=O)NCCCC(=O)O)C(=O)O)C(=O)O)Cc5ccccc5)C(=O)O)[C@H](O)[C@]5(CC)C=CCN6CC[C@]43[C@@H]65)C2)C1.O=C=O. The number of anilines is 1. The fourth-order valence-electron chi connectivity index (χ4n) is 19.0. The maximum absolute atomic E-state index is 15.7. The molecule has 1 unspecified atom stereocenters. The average molecular weight is 1680 g/mol. The minimum Gasteiger partial charge on any atom is -0.496 e. The van der Waals surface area contributed by atoms with Crippen molar-refractivity contribution in [3.8, 4) is 5.75 Å². The number of Topliss-reactive ketones (excluding diaryl/α,β-unsaturated/α-hetero) is 2. The van der Waals surface area contributed by atoms with Gasteiger partial charge in [-0.25, -0.2) is 14.4 Å². The fourth-order valence-corrected chi connectivity index (χ4v) is 21.0. The van der Waals surface area contributed by atoms with E-state index in [1.165, 1.54) is 7.11 Å². The molecule has 118 heavy (non-hydrogen) atoms. The summed E-state index contributed by atoms with van der Waals surface area (Å²) < 4.78 is 18.0. The Bertz CT molecular complexity index is 4390. The second-order valence-corrected chi connectivity index (χ2v) is 33.9. The van der Waals surface area contributed by atoms with Gasteiger partial charge in [-0.3, -0.25) is 57.7 Å². The topological polar surface area (TPSA) is 515 Å². The van der Waals surface area contributed by atoms with E-state index in [0.717, 1.165) is 49.4 Å². The van der Waals surface area contributed by atoms with Crippen molar-refractivity contribution >= 4 is 116 Å². The maximum atomic E-state index is 15.7. The normalized spacial score (nSPS) is 25.5. The van der Waals surface area contributed by atoms with Gasteiger partial charge in [-0.15, -0.1) is 0 Å².